The highest BCUT2D eigenvalue weighted by Gasteiger charge is 2.11. The van der Waals surface area contributed by atoms with Crippen LogP contribution in [0.4, 0.5) is 0 Å². The van der Waals surface area contributed by atoms with Crippen LogP contribution in [0.5, 0.6) is 0 Å². The molecule has 0 unspecified atom stereocenters. The van der Waals surface area contributed by atoms with E-state index in [1.165, 1.54) is 4.68 Å². The molecule has 0 spiro atoms. The summed E-state index contributed by atoms with van der Waals surface area (Å²) in [5, 5.41) is 15.9. The minimum atomic E-state index is -0.455. The van der Waals surface area contributed by atoms with E-state index in [-0.39, 0.29) is 38.8 Å². The van der Waals surface area contributed by atoms with Crippen molar-refractivity contribution in [1.82, 2.24) is 9.78 Å². The van der Waals surface area contributed by atoms with E-state index in [9.17, 15) is 24.0 Å². The van der Waals surface area contributed by atoms with E-state index in [4.69, 9.17) is 14.6 Å². The van der Waals surface area contributed by atoms with E-state index in [0.29, 0.717) is 36.0 Å². The van der Waals surface area contributed by atoms with E-state index in [0.717, 1.165) is 23.5 Å². The summed E-state index contributed by atoms with van der Waals surface area (Å²) in [6, 6.07) is 1.85. The summed E-state index contributed by atoms with van der Waals surface area (Å²) in [4.78, 5) is 60.1. The average Bonchev–Trinajstić information content (AvgIpc) is 3.32. The van der Waals surface area contributed by atoms with Gasteiger partial charge in [0.25, 0.3) is 0 Å². The van der Waals surface area contributed by atoms with Gasteiger partial charge in [-0.1, -0.05) is 31.8 Å². The molecule has 0 aliphatic heterocycles. The number of nitrogens with zero attached hydrogens (tertiary/aromatic N) is 3. The minimum absolute atomic E-state index is 0.0473. The van der Waals surface area contributed by atoms with Crippen molar-refractivity contribution in [2.75, 3.05) is 26.4 Å². The molecule has 246 valence electrons. The molecule has 0 aliphatic rings. The summed E-state index contributed by atoms with van der Waals surface area (Å²) in [7, 11) is 0. The summed E-state index contributed by atoms with van der Waals surface area (Å²) in [5.74, 6) is -1.84. The Labute approximate surface area is 259 Å². The molecular formula is C31H47N3O10. The van der Waals surface area contributed by atoms with E-state index in [1.807, 2.05) is 26.8 Å². The normalized spacial score (nSPS) is 10.1. The Kier molecular flexibility index (Phi) is 22.9. The van der Waals surface area contributed by atoms with Gasteiger partial charge in [-0.2, -0.15) is 5.10 Å². The van der Waals surface area contributed by atoms with Crippen LogP contribution in [0.1, 0.15) is 82.9 Å². The number of hydrogen-bond donors (Lipinski definition) is 1. The Bertz CT molecular complexity index is 1180. The van der Waals surface area contributed by atoms with Crippen molar-refractivity contribution >= 4 is 35.5 Å². The number of oxime groups is 1. The molecule has 13 heteroatoms. The number of esters is 3. The molecule has 0 bridgehead atoms. The van der Waals surface area contributed by atoms with E-state index >= 15 is 0 Å². The van der Waals surface area contributed by atoms with Gasteiger partial charge in [0.2, 0.25) is 5.91 Å². The molecule has 0 fully saturated rings. The summed E-state index contributed by atoms with van der Waals surface area (Å²) in [6.07, 6.45) is 2.10. The number of aliphatic hydroxyl groups excluding tert-OH is 1. The molecule has 1 N–H and O–H groups in total. The Hall–Kier alpha value is -4.39. The molecule has 44 heavy (non-hydrogen) atoms. The van der Waals surface area contributed by atoms with Gasteiger partial charge in [0.1, 0.15) is 6.61 Å². The third-order valence-electron chi connectivity index (χ3n) is 4.96. The molecule has 1 rings (SSSR count). The fourth-order valence-corrected chi connectivity index (χ4v) is 2.50. The molecule has 13 nitrogen and oxygen atoms in total. The number of aromatic nitrogens is 2. The lowest BCUT2D eigenvalue weighted by atomic mass is 10.3. The molecular weight excluding hydrogens is 574 g/mol. The second-order valence-electron chi connectivity index (χ2n) is 9.56. The lowest BCUT2D eigenvalue weighted by Crippen LogP contribution is -2.15. The summed E-state index contributed by atoms with van der Waals surface area (Å²) in [5.41, 5.74) is 3.44. The van der Waals surface area contributed by atoms with E-state index in [2.05, 4.69) is 39.6 Å². The standard InChI is InChI=1S/C13H18N2O3.C12H19NO4.C6H10O3/c1-9(2)13(17)18-7-5-6-12(16)15-11(4)8-10(3)14-15;1-5-10(4)13-17-11(14)7-6-8-16-12(15)9(2)3;1-5(2)6(8)9-4-3-7/h8H,1,5-7H2,2-4H3;2,5-8H2,1,3-4H3;7H,1,3-4H2,2H3/b;13-10+;. The van der Waals surface area contributed by atoms with Crippen molar-refractivity contribution in [3.63, 3.8) is 0 Å². The SMILES string of the molecule is C=C(C)C(=O)OCCCC(=O)O/N=C(\C)CC.C=C(C)C(=O)OCCCC(=O)n1nc(C)cc1C.C=C(C)C(=O)OCCO. The Morgan fingerprint density at radius 2 is 1.27 bits per heavy atom. The number of hydrogen-bond acceptors (Lipinski definition) is 12. The van der Waals surface area contributed by atoms with Gasteiger partial charge in [-0.3, -0.25) is 4.79 Å². The zero-order chi connectivity index (χ0) is 34.2. The molecule has 1 aromatic heterocycles. The van der Waals surface area contributed by atoms with Gasteiger partial charge in [-0.15, -0.1) is 0 Å². The molecule has 0 amide bonds. The molecule has 0 aliphatic carbocycles. The highest BCUT2D eigenvalue weighted by atomic mass is 16.7. The first-order chi connectivity index (χ1) is 20.6. The van der Waals surface area contributed by atoms with Gasteiger partial charge in [0.05, 0.1) is 37.6 Å². The second kappa shape index (κ2) is 24.1. The van der Waals surface area contributed by atoms with Crippen molar-refractivity contribution in [2.24, 2.45) is 5.16 Å². The lowest BCUT2D eigenvalue weighted by Gasteiger charge is -2.05. The van der Waals surface area contributed by atoms with Crippen LogP contribution in [-0.2, 0) is 38.2 Å². The van der Waals surface area contributed by atoms with Crippen LogP contribution in [-0.4, -0.2) is 76.8 Å². The Balaban J connectivity index is 0. The molecule has 0 aromatic carbocycles. The highest BCUT2D eigenvalue weighted by Crippen LogP contribution is 2.05. The number of ether oxygens (including phenoxy) is 3. The van der Waals surface area contributed by atoms with E-state index in [1.54, 1.807) is 27.7 Å². The van der Waals surface area contributed by atoms with Crippen molar-refractivity contribution in [3.05, 3.63) is 53.9 Å². The van der Waals surface area contributed by atoms with E-state index < -0.39 is 23.9 Å². The quantitative estimate of drug-likeness (QED) is 0.0561. The van der Waals surface area contributed by atoms with Crippen LogP contribution >= 0.6 is 0 Å². The van der Waals surface area contributed by atoms with Crippen molar-refractivity contribution in [2.45, 2.75) is 80.6 Å². The van der Waals surface area contributed by atoms with Crippen LogP contribution in [0, 0.1) is 13.8 Å². The van der Waals surface area contributed by atoms with Gasteiger partial charge in [-0.25, -0.2) is 23.9 Å². The third kappa shape index (κ3) is 21.3. The zero-order valence-corrected chi connectivity index (χ0v) is 27.0. The summed E-state index contributed by atoms with van der Waals surface area (Å²) >= 11 is 0. The largest absolute Gasteiger partial charge is 0.462 e. The predicted octanol–water partition coefficient (Wildman–Crippen LogP) is 4.35. The van der Waals surface area contributed by atoms with Crippen LogP contribution in [0.2, 0.25) is 0 Å². The van der Waals surface area contributed by atoms with Gasteiger partial charge in [0.15, 0.2) is 0 Å². The predicted molar refractivity (Wildman–Crippen MR) is 165 cm³/mol. The molecule has 0 saturated heterocycles. The topological polar surface area (TPSA) is 173 Å². The van der Waals surface area contributed by atoms with Crippen molar-refractivity contribution in [3.8, 4) is 0 Å². The Morgan fingerprint density at radius 1 is 0.818 bits per heavy atom. The smallest absolute Gasteiger partial charge is 0.335 e. The van der Waals surface area contributed by atoms with Crippen molar-refractivity contribution in [1.29, 1.82) is 0 Å². The van der Waals surface area contributed by atoms with Crippen molar-refractivity contribution < 1.29 is 48.1 Å². The molecule has 1 aromatic rings. The monoisotopic (exact) mass is 621 g/mol. The first-order valence-electron chi connectivity index (χ1n) is 14.0. The number of carbonyl (C=O) groups is 5. The third-order valence-corrected chi connectivity index (χ3v) is 4.96. The molecule has 0 radical (unpaired) electrons. The van der Waals surface area contributed by atoms with Gasteiger partial charge in [-0.05, 0) is 66.9 Å². The molecule has 1 heterocycles. The average molecular weight is 622 g/mol. The molecule has 0 atom stereocenters. The fraction of sp³-hybridized carbons (Fsp3) is 0.516. The maximum absolute atomic E-state index is 11.8. The van der Waals surface area contributed by atoms with Crippen LogP contribution in [0.15, 0.2) is 47.7 Å². The second-order valence-corrected chi connectivity index (χ2v) is 9.56. The number of aliphatic hydroxyl groups is 1. The van der Waals surface area contributed by atoms with Crippen LogP contribution < -0.4 is 0 Å². The van der Waals surface area contributed by atoms with Crippen LogP contribution in [0.25, 0.3) is 0 Å². The first kappa shape index (κ1) is 41.7. The summed E-state index contributed by atoms with van der Waals surface area (Å²) < 4.78 is 15.6. The fourth-order valence-electron chi connectivity index (χ4n) is 2.50. The molecule has 0 saturated carbocycles. The number of carbonyl (C=O) groups excluding carboxylic acids is 5. The maximum Gasteiger partial charge on any atom is 0.335 e. The maximum atomic E-state index is 11.8. The minimum Gasteiger partial charge on any atom is -0.462 e. The van der Waals surface area contributed by atoms with Gasteiger partial charge < -0.3 is 24.2 Å². The number of aryl methyl sites for hydroxylation is 2. The summed E-state index contributed by atoms with van der Waals surface area (Å²) in [6.45, 7) is 22.7. The Morgan fingerprint density at radius 3 is 1.66 bits per heavy atom. The highest BCUT2D eigenvalue weighted by molar-refractivity contribution is 5.87. The lowest BCUT2D eigenvalue weighted by molar-refractivity contribution is -0.146. The number of rotatable bonds is 15. The zero-order valence-electron chi connectivity index (χ0n) is 27.0. The van der Waals surface area contributed by atoms with Crippen LogP contribution in [0.3, 0.4) is 0 Å². The first-order valence-corrected chi connectivity index (χ1v) is 14.0. The van der Waals surface area contributed by atoms with Gasteiger partial charge >= 0.3 is 23.9 Å². The van der Waals surface area contributed by atoms with Gasteiger partial charge in [0, 0.05) is 28.8 Å².